The minimum Gasteiger partial charge on any atom is -0.399 e. The van der Waals surface area contributed by atoms with Gasteiger partial charge in [0.15, 0.2) is 0 Å². The van der Waals surface area contributed by atoms with E-state index in [1.54, 1.807) is 12.1 Å². The molecule has 5 nitrogen and oxygen atoms in total. The highest BCUT2D eigenvalue weighted by molar-refractivity contribution is 7.87. The predicted octanol–water partition coefficient (Wildman–Crippen LogP) is 1.72. The lowest BCUT2D eigenvalue weighted by Crippen LogP contribution is -2.48. The molecule has 0 bridgehead atoms. The third kappa shape index (κ3) is 5.18. The number of nitrogens with zero attached hydrogens (tertiary/aromatic N) is 1. The second-order valence-electron chi connectivity index (χ2n) is 5.52. The van der Waals surface area contributed by atoms with E-state index in [1.807, 2.05) is 39.8 Å². The molecule has 0 heterocycles. The Kier molecular flexibility index (Phi) is 4.95. The monoisotopic (exact) mass is 285 g/mol. The van der Waals surface area contributed by atoms with Crippen molar-refractivity contribution >= 4 is 15.9 Å². The molecule has 19 heavy (non-hydrogen) atoms. The van der Waals surface area contributed by atoms with Crippen LogP contribution in [0.25, 0.3) is 0 Å². The maximum atomic E-state index is 12.2. The SMILES string of the molecule is CCN(Cc1ccc(N)cc1)S(=O)(=O)NC(C)(C)C. The van der Waals surface area contributed by atoms with Crippen molar-refractivity contribution < 1.29 is 8.42 Å². The van der Waals surface area contributed by atoms with Gasteiger partial charge in [-0.1, -0.05) is 19.1 Å². The Labute approximate surface area is 116 Å². The number of nitrogens with two attached hydrogens (primary N) is 1. The number of rotatable bonds is 5. The van der Waals surface area contributed by atoms with Gasteiger partial charge < -0.3 is 5.73 Å². The van der Waals surface area contributed by atoms with Crippen LogP contribution < -0.4 is 10.5 Å². The molecule has 108 valence electrons. The molecular weight excluding hydrogens is 262 g/mol. The molecule has 0 fully saturated rings. The lowest BCUT2D eigenvalue weighted by molar-refractivity contribution is 0.392. The highest BCUT2D eigenvalue weighted by Gasteiger charge is 2.25. The van der Waals surface area contributed by atoms with Crippen LogP contribution in [-0.4, -0.2) is 24.8 Å². The highest BCUT2D eigenvalue weighted by Crippen LogP contribution is 2.12. The van der Waals surface area contributed by atoms with E-state index in [0.717, 1.165) is 5.56 Å². The molecule has 1 aromatic carbocycles. The fourth-order valence-corrected chi connectivity index (χ4v) is 3.21. The Hall–Kier alpha value is -1.11. The fraction of sp³-hybridized carbons (Fsp3) is 0.538. The van der Waals surface area contributed by atoms with Crippen molar-refractivity contribution in [3.8, 4) is 0 Å². The second kappa shape index (κ2) is 5.90. The number of nitrogen functional groups attached to an aromatic ring is 1. The molecule has 0 radical (unpaired) electrons. The molecule has 0 aromatic heterocycles. The first kappa shape index (κ1) is 15.9. The summed E-state index contributed by atoms with van der Waals surface area (Å²) in [4.78, 5) is 0. The van der Waals surface area contributed by atoms with Crippen LogP contribution in [0.15, 0.2) is 24.3 Å². The van der Waals surface area contributed by atoms with E-state index in [9.17, 15) is 8.42 Å². The standard InChI is InChI=1S/C13H23N3O2S/c1-5-16(19(17,18)15-13(2,3)4)10-11-6-8-12(14)9-7-11/h6-9,15H,5,10,14H2,1-4H3. The first-order valence-corrected chi connectivity index (χ1v) is 7.71. The summed E-state index contributed by atoms with van der Waals surface area (Å²) in [5.41, 5.74) is 6.70. The molecule has 1 rings (SSSR count). The minimum absolute atomic E-state index is 0.336. The van der Waals surface area contributed by atoms with Crippen LogP contribution in [0.2, 0.25) is 0 Å². The van der Waals surface area contributed by atoms with E-state index in [-0.39, 0.29) is 0 Å². The maximum absolute atomic E-state index is 12.2. The molecule has 0 unspecified atom stereocenters. The summed E-state index contributed by atoms with van der Waals surface area (Å²) < 4.78 is 28.5. The Bertz CT molecular complexity index is 504. The van der Waals surface area contributed by atoms with Gasteiger partial charge in [0.05, 0.1) is 0 Å². The molecule has 0 aliphatic carbocycles. The van der Waals surface area contributed by atoms with Gasteiger partial charge in [-0.3, -0.25) is 0 Å². The van der Waals surface area contributed by atoms with Gasteiger partial charge in [-0.15, -0.1) is 0 Å². The quantitative estimate of drug-likeness (QED) is 0.809. The summed E-state index contributed by atoms with van der Waals surface area (Å²) in [6, 6.07) is 7.22. The van der Waals surface area contributed by atoms with Gasteiger partial charge in [0.1, 0.15) is 0 Å². The zero-order chi connectivity index (χ0) is 14.7. The number of anilines is 1. The van der Waals surface area contributed by atoms with Crippen molar-refractivity contribution in [3.63, 3.8) is 0 Å². The zero-order valence-corrected chi connectivity index (χ0v) is 12.8. The highest BCUT2D eigenvalue weighted by atomic mass is 32.2. The van der Waals surface area contributed by atoms with Crippen molar-refractivity contribution in [2.24, 2.45) is 0 Å². The molecule has 0 saturated carbocycles. The normalized spacial score (nSPS) is 12.9. The third-order valence-electron chi connectivity index (χ3n) is 2.47. The number of hydrogen-bond donors (Lipinski definition) is 2. The molecule has 3 N–H and O–H groups in total. The van der Waals surface area contributed by atoms with Crippen LogP contribution >= 0.6 is 0 Å². The molecule has 6 heteroatoms. The minimum atomic E-state index is -3.49. The van der Waals surface area contributed by atoms with Gasteiger partial charge >= 0.3 is 0 Å². The first-order valence-electron chi connectivity index (χ1n) is 6.27. The van der Waals surface area contributed by atoms with Crippen molar-refractivity contribution in [1.29, 1.82) is 0 Å². The lowest BCUT2D eigenvalue weighted by Gasteiger charge is -2.27. The van der Waals surface area contributed by atoms with Crippen molar-refractivity contribution in [2.75, 3.05) is 12.3 Å². The molecular formula is C13H23N3O2S. The molecule has 0 aliphatic heterocycles. The summed E-state index contributed by atoms with van der Waals surface area (Å²) in [5, 5.41) is 0. The van der Waals surface area contributed by atoms with Crippen LogP contribution in [0.1, 0.15) is 33.3 Å². The fourth-order valence-electron chi connectivity index (χ4n) is 1.64. The number of hydrogen-bond acceptors (Lipinski definition) is 3. The van der Waals surface area contributed by atoms with Gasteiger partial charge in [-0.2, -0.15) is 17.4 Å². The smallest absolute Gasteiger partial charge is 0.280 e. The molecule has 0 amide bonds. The summed E-state index contributed by atoms with van der Waals surface area (Å²) in [6.45, 7) is 8.03. The van der Waals surface area contributed by atoms with E-state index >= 15 is 0 Å². The predicted molar refractivity (Wildman–Crippen MR) is 78.7 cm³/mol. The molecule has 0 saturated heterocycles. The second-order valence-corrected chi connectivity index (χ2v) is 7.20. The van der Waals surface area contributed by atoms with Crippen LogP contribution in [0.4, 0.5) is 5.69 Å². The first-order chi connectivity index (χ1) is 8.64. The Morgan fingerprint density at radius 3 is 2.16 bits per heavy atom. The van der Waals surface area contributed by atoms with Crippen LogP contribution in [-0.2, 0) is 16.8 Å². The van der Waals surface area contributed by atoms with E-state index < -0.39 is 15.7 Å². The molecule has 0 aliphatic rings. The van der Waals surface area contributed by atoms with E-state index in [4.69, 9.17) is 5.73 Å². The average molecular weight is 285 g/mol. The Morgan fingerprint density at radius 1 is 1.21 bits per heavy atom. The molecule has 1 aromatic rings. The molecule has 0 spiro atoms. The summed E-state index contributed by atoms with van der Waals surface area (Å²) >= 11 is 0. The maximum Gasteiger partial charge on any atom is 0.280 e. The Morgan fingerprint density at radius 2 is 1.74 bits per heavy atom. The van der Waals surface area contributed by atoms with Gasteiger partial charge in [0, 0.05) is 24.3 Å². The summed E-state index contributed by atoms with van der Waals surface area (Å²) in [6.07, 6.45) is 0. The van der Waals surface area contributed by atoms with E-state index in [1.165, 1.54) is 4.31 Å². The summed E-state index contributed by atoms with van der Waals surface area (Å²) in [5.74, 6) is 0. The largest absolute Gasteiger partial charge is 0.399 e. The molecule has 0 atom stereocenters. The van der Waals surface area contributed by atoms with Gasteiger partial charge in [0.25, 0.3) is 10.2 Å². The Balaban J connectivity index is 2.86. The van der Waals surface area contributed by atoms with Crippen LogP contribution in [0, 0.1) is 0 Å². The van der Waals surface area contributed by atoms with Crippen LogP contribution in [0.5, 0.6) is 0 Å². The topological polar surface area (TPSA) is 75.4 Å². The van der Waals surface area contributed by atoms with Gasteiger partial charge in [0.2, 0.25) is 0 Å². The summed E-state index contributed by atoms with van der Waals surface area (Å²) in [7, 11) is -3.49. The van der Waals surface area contributed by atoms with E-state index in [0.29, 0.717) is 18.8 Å². The van der Waals surface area contributed by atoms with Crippen molar-refractivity contribution in [3.05, 3.63) is 29.8 Å². The third-order valence-corrected chi connectivity index (χ3v) is 4.40. The van der Waals surface area contributed by atoms with Crippen molar-refractivity contribution in [2.45, 2.75) is 39.8 Å². The van der Waals surface area contributed by atoms with Crippen LogP contribution in [0.3, 0.4) is 0 Å². The zero-order valence-electron chi connectivity index (χ0n) is 12.0. The van der Waals surface area contributed by atoms with Gasteiger partial charge in [-0.25, -0.2) is 0 Å². The van der Waals surface area contributed by atoms with Crippen molar-refractivity contribution in [1.82, 2.24) is 9.03 Å². The lowest BCUT2D eigenvalue weighted by atomic mass is 10.1. The van der Waals surface area contributed by atoms with E-state index in [2.05, 4.69) is 4.72 Å². The average Bonchev–Trinajstić information content (AvgIpc) is 2.24. The number of benzene rings is 1. The van der Waals surface area contributed by atoms with Gasteiger partial charge in [-0.05, 0) is 38.5 Å². The number of nitrogens with one attached hydrogen (secondary N) is 1.